The third-order valence-electron chi connectivity index (χ3n) is 3.26. The molecule has 0 amide bonds. The first-order valence-corrected chi connectivity index (χ1v) is 6.13. The zero-order chi connectivity index (χ0) is 13.1. The number of nitrogens with zero attached hydrogens (tertiary/aromatic N) is 3. The fourth-order valence-electron chi connectivity index (χ4n) is 2.24. The second-order valence-corrected chi connectivity index (χ2v) is 4.58. The van der Waals surface area contributed by atoms with Gasteiger partial charge in [-0.1, -0.05) is 0 Å². The van der Waals surface area contributed by atoms with Gasteiger partial charge in [-0.05, 0) is 19.8 Å². The van der Waals surface area contributed by atoms with Crippen LogP contribution < -0.4 is 20.1 Å². The van der Waals surface area contributed by atoms with Crippen LogP contribution in [0.4, 0.5) is 5.95 Å². The molecule has 0 aliphatic carbocycles. The Morgan fingerprint density at radius 3 is 2.39 bits per heavy atom. The summed E-state index contributed by atoms with van der Waals surface area (Å²) in [5.41, 5.74) is 5.96. The van der Waals surface area contributed by atoms with Crippen molar-refractivity contribution in [3.8, 4) is 11.8 Å². The summed E-state index contributed by atoms with van der Waals surface area (Å²) >= 11 is 0. The molecule has 2 N–H and O–H groups in total. The van der Waals surface area contributed by atoms with Gasteiger partial charge < -0.3 is 20.1 Å². The van der Waals surface area contributed by atoms with Crippen LogP contribution in [0, 0.1) is 0 Å². The maximum Gasteiger partial charge on any atom is 0.232 e. The predicted octanol–water partition coefficient (Wildman–Crippen LogP) is 0.810. The number of methoxy groups -OCH3 is 2. The van der Waals surface area contributed by atoms with E-state index in [1.54, 1.807) is 20.3 Å². The lowest BCUT2D eigenvalue weighted by molar-refractivity contribution is 0.366. The summed E-state index contributed by atoms with van der Waals surface area (Å²) in [5.74, 6) is 1.67. The minimum absolute atomic E-state index is 0.267. The Bertz CT molecular complexity index is 391. The number of aromatic nitrogens is 2. The maximum absolute atomic E-state index is 5.96. The van der Waals surface area contributed by atoms with Crippen molar-refractivity contribution in [1.82, 2.24) is 9.97 Å². The largest absolute Gasteiger partial charge is 0.481 e. The van der Waals surface area contributed by atoms with Crippen LogP contribution in [0.3, 0.4) is 0 Å². The highest BCUT2D eigenvalue weighted by Crippen LogP contribution is 2.25. The standard InChI is InChI=1S/C12H20N4O2/c1-8-6-9(13)4-5-16(8)12-14-10(17-2)7-11(15-12)18-3/h7-9H,4-6,13H2,1-3H3. The van der Waals surface area contributed by atoms with Crippen molar-refractivity contribution in [3.05, 3.63) is 6.07 Å². The average molecular weight is 252 g/mol. The molecule has 2 rings (SSSR count). The molecule has 0 radical (unpaired) electrons. The van der Waals surface area contributed by atoms with E-state index in [1.807, 2.05) is 0 Å². The van der Waals surface area contributed by atoms with Crippen molar-refractivity contribution in [2.24, 2.45) is 5.73 Å². The Morgan fingerprint density at radius 1 is 1.28 bits per heavy atom. The van der Waals surface area contributed by atoms with E-state index < -0.39 is 0 Å². The SMILES string of the molecule is COc1cc(OC)nc(N2CCC(N)CC2C)n1. The molecule has 2 atom stereocenters. The van der Waals surface area contributed by atoms with E-state index in [1.165, 1.54) is 0 Å². The van der Waals surface area contributed by atoms with Crippen molar-refractivity contribution in [2.45, 2.75) is 31.8 Å². The second-order valence-electron chi connectivity index (χ2n) is 4.58. The summed E-state index contributed by atoms with van der Waals surface area (Å²) < 4.78 is 10.3. The van der Waals surface area contributed by atoms with Gasteiger partial charge in [-0.25, -0.2) is 0 Å². The van der Waals surface area contributed by atoms with Gasteiger partial charge in [0.1, 0.15) is 0 Å². The third kappa shape index (κ3) is 2.64. The lowest BCUT2D eigenvalue weighted by atomic mass is 10.00. The topological polar surface area (TPSA) is 73.5 Å². The minimum atomic E-state index is 0.267. The lowest BCUT2D eigenvalue weighted by Crippen LogP contribution is -2.46. The van der Waals surface area contributed by atoms with Crippen LogP contribution in [-0.2, 0) is 0 Å². The zero-order valence-electron chi connectivity index (χ0n) is 11.1. The van der Waals surface area contributed by atoms with E-state index in [-0.39, 0.29) is 6.04 Å². The molecule has 0 bridgehead atoms. The molecule has 1 aliphatic rings. The summed E-state index contributed by atoms with van der Waals surface area (Å²) in [6, 6.07) is 2.26. The van der Waals surface area contributed by atoms with E-state index in [0.29, 0.717) is 23.8 Å². The van der Waals surface area contributed by atoms with Gasteiger partial charge >= 0.3 is 0 Å². The van der Waals surface area contributed by atoms with Gasteiger partial charge in [0.2, 0.25) is 17.7 Å². The molecule has 2 unspecified atom stereocenters. The number of hydrogen-bond donors (Lipinski definition) is 1. The Hall–Kier alpha value is -1.56. The molecule has 2 heterocycles. The number of ether oxygens (including phenoxy) is 2. The summed E-state index contributed by atoms with van der Waals surface area (Å²) in [4.78, 5) is 10.9. The normalized spacial score (nSPS) is 23.9. The van der Waals surface area contributed by atoms with Gasteiger partial charge in [-0.2, -0.15) is 9.97 Å². The van der Waals surface area contributed by atoms with E-state index in [4.69, 9.17) is 15.2 Å². The molecule has 6 heteroatoms. The summed E-state index contributed by atoms with van der Waals surface area (Å²) in [7, 11) is 3.17. The molecular formula is C12H20N4O2. The van der Waals surface area contributed by atoms with Gasteiger partial charge in [0.05, 0.1) is 20.3 Å². The lowest BCUT2D eigenvalue weighted by Gasteiger charge is -2.36. The van der Waals surface area contributed by atoms with Crippen molar-refractivity contribution >= 4 is 5.95 Å². The summed E-state index contributed by atoms with van der Waals surface area (Å²) in [5, 5.41) is 0. The smallest absolute Gasteiger partial charge is 0.232 e. The molecule has 1 aromatic rings. The molecule has 18 heavy (non-hydrogen) atoms. The average Bonchev–Trinajstić information content (AvgIpc) is 2.38. The Balaban J connectivity index is 2.26. The summed E-state index contributed by atoms with van der Waals surface area (Å²) in [6.07, 6.45) is 1.90. The molecule has 100 valence electrons. The van der Waals surface area contributed by atoms with Crippen LogP contribution in [0.1, 0.15) is 19.8 Å². The maximum atomic E-state index is 5.96. The molecule has 0 saturated carbocycles. The monoisotopic (exact) mass is 252 g/mol. The minimum Gasteiger partial charge on any atom is -0.481 e. The van der Waals surface area contributed by atoms with Crippen LogP contribution >= 0.6 is 0 Å². The first-order valence-electron chi connectivity index (χ1n) is 6.13. The van der Waals surface area contributed by atoms with Gasteiger partial charge in [0.25, 0.3) is 0 Å². The van der Waals surface area contributed by atoms with Gasteiger partial charge in [0, 0.05) is 18.6 Å². The van der Waals surface area contributed by atoms with Crippen molar-refractivity contribution in [3.63, 3.8) is 0 Å². The van der Waals surface area contributed by atoms with Crippen LogP contribution in [0.15, 0.2) is 6.07 Å². The zero-order valence-corrected chi connectivity index (χ0v) is 11.1. The van der Waals surface area contributed by atoms with Gasteiger partial charge in [0.15, 0.2) is 0 Å². The summed E-state index contributed by atoms with van der Waals surface area (Å²) in [6.45, 7) is 2.99. The van der Waals surface area contributed by atoms with Crippen LogP contribution in [0.25, 0.3) is 0 Å². The molecule has 0 spiro atoms. The highest BCUT2D eigenvalue weighted by molar-refractivity contribution is 5.38. The molecule has 1 aliphatic heterocycles. The Kier molecular flexibility index (Phi) is 3.86. The molecular weight excluding hydrogens is 232 g/mol. The number of nitrogens with two attached hydrogens (primary N) is 1. The second kappa shape index (κ2) is 5.39. The molecule has 1 aromatic heterocycles. The van der Waals surface area contributed by atoms with E-state index in [2.05, 4.69) is 21.8 Å². The predicted molar refractivity (Wildman–Crippen MR) is 69.2 cm³/mol. The highest BCUT2D eigenvalue weighted by Gasteiger charge is 2.25. The Morgan fingerprint density at radius 2 is 1.89 bits per heavy atom. The molecule has 1 saturated heterocycles. The fraction of sp³-hybridized carbons (Fsp3) is 0.667. The van der Waals surface area contributed by atoms with E-state index in [9.17, 15) is 0 Å². The van der Waals surface area contributed by atoms with Crippen LogP contribution in [0.2, 0.25) is 0 Å². The van der Waals surface area contributed by atoms with Gasteiger partial charge in [-0.3, -0.25) is 0 Å². The van der Waals surface area contributed by atoms with Crippen molar-refractivity contribution in [1.29, 1.82) is 0 Å². The van der Waals surface area contributed by atoms with E-state index >= 15 is 0 Å². The number of hydrogen-bond acceptors (Lipinski definition) is 6. The number of rotatable bonds is 3. The number of piperidine rings is 1. The number of anilines is 1. The van der Waals surface area contributed by atoms with Crippen molar-refractivity contribution in [2.75, 3.05) is 25.7 Å². The quantitative estimate of drug-likeness (QED) is 0.858. The molecule has 1 fully saturated rings. The molecule has 0 aromatic carbocycles. The van der Waals surface area contributed by atoms with Crippen LogP contribution in [-0.4, -0.2) is 42.8 Å². The highest BCUT2D eigenvalue weighted by atomic mass is 16.5. The third-order valence-corrected chi connectivity index (χ3v) is 3.26. The van der Waals surface area contributed by atoms with Gasteiger partial charge in [-0.15, -0.1) is 0 Å². The fourth-order valence-corrected chi connectivity index (χ4v) is 2.24. The molecule has 6 nitrogen and oxygen atoms in total. The Labute approximate surface area is 107 Å². The van der Waals surface area contributed by atoms with E-state index in [0.717, 1.165) is 19.4 Å². The first-order chi connectivity index (χ1) is 8.63. The van der Waals surface area contributed by atoms with Crippen molar-refractivity contribution < 1.29 is 9.47 Å². The first kappa shape index (κ1) is 12.9. The van der Waals surface area contributed by atoms with Crippen LogP contribution in [0.5, 0.6) is 11.8 Å².